The molecule has 3 rings (SSSR count). The van der Waals surface area contributed by atoms with Gasteiger partial charge < -0.3 is 15.8 Å². The summed E-state index contributed by atoms with van der Waals surface area (Å²) in [5.74, 6) is -0.327. The Balaban J connectivity index is 1.84. The number of hydrogen-bond acceptors (Lipinski definition) is 5. The molecule has 0 aliphatic rings. The summed E-state index contributed by atoms with van der Waals surface area (Å²) in [4.78, 5) is 23.9. The minimum absolute atomic E-state index is 0.0773. The Labute approximate surface area is 175 Å². The first-order valence-corrected chi connectivity index (χ1v) is 9.82. The average Bonchev–Trinajstić information content (AvgIpc) is 3.13. The third-order valence-electron chi connectivity index (χ3n) is 4.62. The summed E-state index contributed by atoms with van der Waals surface area (Å²) in [6, 6.07) is 15.3. The maximum Gasteiger partial charge on any atom is 0.271 e. The van der Waals surface area contributed by atoms with Crippen molar-refractivity contribution >= 4 is 11.8 Å². The fourth-order valence-electron chi connectivity index (χ4n) is 3.10. The molecule has 1 heterocycles. The highest BCUT2D eigenvalue weighted by atomic mass is 16.5. The van der Waals surface area contributed by atoms with Gasteiger partial charge in [0.15, 0.2) is 5.69 Å². The Bertz CT molecular complexity index is 1030. The predicted molar refractivity (Wildman–Crippen MR) is 113 cm³/mol. The number of amides is 2. The van der Waals surface area contributed by atoms with Crippen molar-refractivity contribution in [1.29, 1.82) is 0 Å². The van der Waals surface area contributed by atoms with Gasteiger partial charge in [0.25, 0.3) is 11.8 Å². The van der Waals surface area contributed by atoms with Crippen LogP contribution in [-0.4, -0.2) is 40.0 Å². The van der Waals surface area contributed by atoms with E-state index in [9.17, 15) is 9.59 Å². The molecule has 30 heavy (non-hydrogen) atoms. The van der Waals surface area contributed by atoms with Gasteiger partial charge in [-0.3, -0.25) is 9.59 Å². The lowest BCUT2D eigenvalue weighted by molar-refractivity contribution is 0.0954. The van der Waals surface area contributed by atoms with Gasteiger partial charge in [-0.1, -0.05) is 35.5 Å². The monoisotopic (exact) mass is 407 g/mol. The summed E-state index contributed by atoms with van der Waals surface area (Å²) in [5.41, 5.74) is 8.14. The Morgan fingerprint density at radius 2 is 1.93 bits per heavy atom. The molecule has 2 aromatic carbocycles. The number of ether oxygens (including phenoxy) is 1. The van der Waals surface area contributed by atoms with Gasteiger partial charge in [0.1, 0.15) is 11.4 Å². The van der Waals surface area contributed by atoms with Gasteiger partial charge in [0.2, 0.25) is 0 Å². The third kappa shape index (κ3) is 4.83. The number of hydrogen-bond donors (Lipinski definition) is 2. The summed E-state index contributed by atoms with van der Waals surface area (Å²) < 4.78 is 7.46. The van der Waals surface area contributed by atoms with E-state index < -0.39 is 5.91 Å². The van der Waals surface area contributed by atoms with Crippen LogP contribution in [0.3, 0.4) is 0 Å². The van der Waals surface area contributed by atoms with E-state index in [0.29, 0.717) is 35.8 Å². The molecule has 0 atom stereocenters. The fourth-order valence-corrected chi connectivity index (χ4v) is 3.10. The first-order chi connectivity index (χ1) is 14.5. The van der Waals surface area contributed by atoms with Gasteiger partial charge in [-0.25, -0.2) is 4.68 Å². The second kappa shape index (κ2) is 9.69. The van der Waals surface area contributed by atoms with Crippen LogP contribution in [-0.2, 0) is 6.42 Å². The zero-order valence-corrected chi connectivity index (χ0v) is 17.1. The molecule has 8 heteroatoms. The zero-order chi connectivity index (χ0) is 21.5. The van der Waals surface area contributed by atoms with E-state index in [1.165, 1.54) is 10.2 Å². The molecule has 0 radical (unpaired) electrons. The van der Waals surface area contributed by atoms with Crippen LogP contribution in [0.5, 0.6) is 5.75 Å². The van der Waals surface area contributed by atoms with Crippen molar-refractivity contribution in [2.45, 2.75) is 26.7 Å². The maximum absolute atomic E-state index is 12.3. The molecule has 0 bridgehead atoms. The molecule has 3 aromatic rings. The Morgan fingerprint density at radius 1 is 1.17 bits per heavy atom. The van der Waals surface area contributed by atoms with Gasteiger partial charge in [0.05, 0.1) is 12.3 Å². The summed E-state index contributed by atoms with van der Waals surface area (Å²) >= 11 is 0. The van der Waals surface area contributed by atoms with Crippen LogP contribution in [0.1, 0.15) is 45.4 Å². The van der Waals surface area contributed by atoms with Crippen molar-refractivity contribution in [3.05, 3.63) is 71.0 Å². The lowest BCUT2D eigenvalue weighted by atomic mass is 10.1. The highest BCUT2D eigenvalue weighted by molar-refractivity contribution is 5.95. The van der Waals surface area contributed by atoms with Gasteiger partial charge in [-0.15, -0.1) is 5.10 Å². The smallest absolute Gasteiger partial charge is 0.271 e. The number of rotatable bonds is 9. The minimum Gasteiger partial charge on any atom is -0.491 e. The van der Waals surface area contributed by atoms with Crippen LogP contribution >= 0.6 is 0 Å². The Hall–Kier alpha value is -3.68. The highest BCUT2D eigenvalue weighted by Gasteiger charge is 2.19. The topological polar surface area (TPSA) is 112 Å². The standard InChI is InChI=1S/C22H25N5O3/c1-3-24-22(29)17-11-12-19(30-13-7-10-16-8-5-4-6-9-16)18(14-17)27-15(2)20(21(23)28)25-26-27/h4-6,8-9,11-12,14H,3,7,10,13H2,1-2H3,(H2,23,28)(H,24,29). The van der Waals surface area contributed by atoms with Crippen molar-refractivity contribution in [2.75, 3.05) is 13.2 Å². The lowest BCUT2D eigenvalue weighted by Crippen LogP contribution is -2.23. The molecule has 0 saturated carbocycles. The van der Waals surface area contributed by atoms with Gasteiger partial charge >= 0.3 is 0 Å². The summed E-state index contributed by atoms with van der Waals surface area (Å²) in [6.07, 6.45) is 1.71. The molecule has 0 unspecified atom stereocenters. The average molecular weight is 407 g/mol. The van der Waals surface area contributed by atoms with Crippen LogP contribution in [0.2, 0.25) is 0 Å². The number of nitrogens with zero attached hydrogens (tertiary/aromatic N) is 3. The van der Waals surface area contributed by atoms with Crippen LogP contribution in [0.4, 0.5) is 0 Å². The number of carbonyl (C=O) groups excluding carboxylic acids is 2. The number of primary amides is 1. The predicted octanol–water partition coefficient (Wildman–Crippen LogP) is 2.44. The third-order valence-corrected chi connectivity index (χ3v) is 4.62. The molecule has 2 amide bonds. The molecule has 1 aromatic heterocycles. The number of aromatic nitrogens is 3. The van der Waals surface area contributed by atoms with Gasteiger partial charge in [-0.2, -0.15) is 0 Å². The number of carbonyl (C=O) groups is 2. The molecular weight excluding hydrogens is 382 g/mol. The van der Waals surface area contributed by atoms with E-state index in [1.807, 2.05) is 25.1 Å². The van der Waals surface area contributed by atoms with E-state index >= 15 is 0 Å². The summed E-state index contributed by atoms with van der Waals surface area (Å²) in [7, 11) is 0. The van der Waals surface area contributed by atoms with Crippen LogP contribution in [0.15, 0.2) is 48.5 Å². The molecule has 0 aliphatic heterocycles. The molecule has 0 spiro atoms. The molecular formula is C22H25N5O3. The highest BCUT2D eigenvalue weighted by Crippen LogP contribution is 2.26. The second-order valence-corrected chi connectivity index (χ2v) is 6.78. The van der Waals surface area contributed by atoms with Crippen molar-refractivity contribution in [2.24, 2.45) is 5.73 Å². The van der Waals surface area contributed by atoms with E-state index in [-0.39, 0.29) is 11.6 Å². The number of aryl methyl sites for hydroxylation is 1. The van der Waals surface area contributed by atoms with E-state index in [4.69, 9.17) is 10.5 Å². The minimum atomic E-state index is -0.663. The molecule has 8 nitrogen and oxygen atoms in total. The van der Waals surface area contributed by atoms with Crippen LogP contribution in [0.25, 0.3) is 5.69 Å². The lowest BCUT2D eigenvalue weighted by Gasteiger charge is -2.14. The maximum atomic E-state index is 12.3. The fraction of sp³-hybridized carbons (Fsp3) is 0.273. The van der Waals surface area contributed by atoms with Gasteiger partial charge in [-0.05, 0) is 50.5 Å². The molecule has 0 fully saturated rings. The zero-order valence-electron chi connectivity index (χ0n) is 17.1. The molecule has 3 N–H and O–H groups in total. The van der Waals surface area contributed by atoms with E-state index in [1.54, 1.807) is 25.1 Å². The summed E-state index contributed by atoms with van der Waals surface area (Å²) in [6.45, 7) is 4.54. The van der Waals surface area contributed by atoms with Crippen molar-refractivity contribution < 1.29 is 14.3 Å². The molecule has 0 aliphatic carbocycles. The van der Waals surface area contributed by atoms with Crippen molar-refractivity contribution in [3.63, 3.8) is 0 Å². The SMILES string of the molecule is CCNC(=O)c1ccc(OCCCc2ccccc2)c(-n2nnc(C(N)=O)c2C)c1. The van der Waals surface area contributed by atoms with Crippen LogP contribution < -0.4 is 15.8 Å². The molecule has 0 saturated heterocycles. The number of benzene rings is 2. The van der Waals surface area contributed by atoms with Gasteiger partial charge in [0, 0.05) is 12.1 Å². The van der Waals surface area contributed by atoms with E-state index in [0.717, 1.165) is 12.8 Å². The number of nitrogens with one attached hydrogen (secondary N) is 1. The normalized spacial score (nSPS) is 10.6. The van der Waals surface area contributed by atoms with Crippen LogP contribution in [0, 0.1) is 6.92 Å². The first-order valence-electron chi connectivity index (χ1n) is 9.82. The van der Waals surface area contributed by atoms with Crippen molar-refractivity contribution in [1.82, 2.24) is 20.3 Å². The largest absolute Gasteiger partial charge is 0.491 e. The second-order valence-electron chi connectivity index (χ2n) is 6.78. The Morgan fingerprint density at radius 3 is 2.60 bits per heavy atom. The number of nitrogens with two attached hydrogens (primary N) is 1. The summed E-state index contributed by atoms with van der Waals surface area (Å²) in [5, 5.41) is 10.7. The first kappa shape index (κ1) is 21.0. The molecule has 156 valence electrons. The quantitative estimate of drug-likeness (QED) is 0.529. The Kier molecular flexibility index (Phi) is 6.79. The van der Waals surface area contributed by atoms with E-state index in [2.05, 4.69) is 27.8 Å². The van der Waals surface area contributed by atoms with Crippen molar-refractivity contribution in [3.8, 4) is 11.4 Å².